The van der Waals surface area contributed by atoms with Gasteiger partial charge in [0.05, 0.1) is 16.3 Å². The van der Waals surface area contributed by atoms with Crippen LogP contribution in [-0.4, -0.2) is 34.6 Å². The molecule has 1 saturated carbocycles. The van der Waals surface area contributed by atoms with Crippen LogP contribution in [0.4, 0.5) is 10.5 Å². The van der Waals surface area contributed by atoms with E-state index in [2.05, 4.69) is 5.32 Å². The van der Waals surface area contributed by atoms with Crippen molar-refractivity contribution in [3.8, 4) is 0 Å². The van der Waals surface area contributed by atoms with Crippen LogP contribution in [0.3, 0.4) is 0 Å². The van der Waals surface area contributed by atoms with E-state index in [4.69, 9.17) is 16.7 Å². The average molecular weight is 311 g/mol. The van der Waals surface area contributed by atoms with E-state index in [-0.39, 0.29) is 17.6 Å². The lowest BCUT2D eigenvalue weighted by Gasteiger charge is -2.28. The Kier molecular flexibility index (Phi) is 5.07. The van der Waals surface area contributed by atoms with Crippen LogP contribution >= 0.6 is 11.6 Å². The Labute approximate surface area is 128 Å². The van der Waals surface area contributed by atoms with Crippen LogP contribution in [0, 0.1) is 0 Å². The zero-order chi connectivity index (χ0) is 15.4. The number of urea groups is 1. The summed E-state index contributed by atoms with van der Waals surface area (Å²) in [5.41, 5.74) is 0.427. The van der Waals surface area contributed by atoms with Crippen LogP contribution < -0.4 is 5.32 Å². The summed E-state index contributed by atoms with van der Waals surface area (Å²) in [6.07, 6.45) is 4.32. The number of carboxylic acid groups (broad SMARTS) is 1. The Morgan fingerprint density at radius 1 is 1.38 bits per heavy atom. The van der Waals surface area contributed by atoms with Gasteiger partial charge in [0.2, 0.25) is 0 Å². The summed E-state index contributed by atoms with van der Waals surface area (Å²) < 4.78 is 0. The Hall–Kier alpha value is -1.75. The van der Waals surface area contributed by atoms with Crippen molar-refractivity contribution >= 4 is 29.3 Å². The van der Waals surface area contributed by atoms with Crippen molar-refractivity contribution in [1.82, 2.24) is 4.90 Å². The SMILES string of the molecule is CCN(C(=O)Nc1cc(C(=O)O)ccc1Cl)C1CCCC1. The van der Waals surface area contributed by atoms with Gasteiger partial charge in [-0.05, 0) is 38.0 Å². The van der Waals surface area contributed by atoms with Gasteiger partial charge in [0.15, 0.2) is 0 Å². The molecular formula is C15H19ClN2O3. The van der Waals surface area contributed by atoms with Crippen molar-refractivity contribution in [3.05, 3.63) is 28.8 Å². The number of aromatic carboxylic acids is 1. The fourth-order valence-corrected chi connectivity index (χ4v) is 2.89. The minimum Gasteiger partial charge on any atom is -0.478 e. The van der Waals surface area contributed by atoms with Crippen molar-refractivity contribution in [2.45, 2.75) is 38.6 Å². The van der Waals surface area contributed by atoms with Crippen LogP contribution in [-0.2, 0) is 0 Å². The molecule has 0 aliphatic heterocycles. The maximum atomic E-state index is 12.4. The molecule has 0 spiro atoms. The molecule has 114 valence electrons. The summed E-state index contributed by atoms with van der Waals surface area (Å²) in [5.74, 6) is -1.05. The normalized spacial score (nSPS) is 15.0. The molecule has 1 aliphatic carbocycles. The predicted octanol–water partition coefficient (Wildman–Crippen LogP) is 3.83. The molecule has 0 radical (unpaired) electrons. The van der Waals surface area contributed by atoms with Crippen molar-refractivity contribution < 1.29 is 14.7 Å². The topological polar surface area (TPSA) is 69.6 Å². The molecule has 0 saturated heterocycles. The predicted molar refractivity (Wildman–Crippen MR) is 82.1 cm³/mol. The molecule has 5 nitrogen and oxygen atoms in total. The molecule has 1 aromatic rings. The molecule has 1 aliphatic rings. The van der Waals surface area contributed by atoms with Crippen molar-refractivity contribution in [2.75, 3.05) is 11.9 Å². The number of carbonyl (C=O) groups excluding carboxylic acids is 1. The molecule has 2 N–H and O–H groups in total. The number of hydrogen-bond donors (Lipinski definition) is 2. The van der Waals surface area contributed by atoms with Gasteiger partial charge < -0.3 is 15.3 Å². The number of halogens is 1. The van der Waals surface area contributed by atoms with Gasteiger partial charge in [-0.25, -0.2) is 9.59 Å². The molecule has 0 heterocycles. The number of hydrogen-bond acceptors (Lipinski definition) is 2. The number of benzene rings is 1. The minimum absolute atomic E-state index is 0.0959. The van der Waals surface area contributed by atoms with Gasteiger partial charge >= 0.3 is 12.0 Å². The molecule has 21 heavy (non-hydrogen) atoms. The Balaban J connectivity index is 2.14. The number of nitrogens with one attached hydrogen (secondary N) is 1. The van der Waals surface area contributed by atoms with Gasteiger partial charge in [-0.15, -0.1) is 0 Å². The largest absolute Gasteiger partial charge is 0.478 e. The monoisotopic (exact) mass is 310 g/mol. The second-order valence-electron chi connectivity index (χ2n) is 5.15. The molecule has 0 bridgehead atoms. The zero-order valence-electron chi connectivity index (χ0n) is 11.9. The summed E-state index contributed by atoms with van der Waals surface area (Å²) in [6, 6.07) is 4.30. The van der Waals surface area contributed by atoms with Crippen LogP contribution in [0.1, 0.15) is 43.0 Å². The molecule has 0 aromatic heterocycles. The number of amides is 2. The van der Waals surface area contributed by atoms with E-state index in [9.17, 15) is 9.59 Å². The standard InChI is InChI=1S/C15H19ClN2O3/c1-2-18(11-5-3-4-6-11)15(21)17-13-9-10(14(19)20)7-8-12(13)16/h7-9,11H,2-6H2,1H3,(H,17,21)(H,19,20). The van der Waals surface area contributed by atoms with Gasteiger partial charge in [-0.1, -0.05) is 24.4 Å². The molecule has 2 rings (SSSR count). The van der Waals surface area contributed by atoms with Crippen molar-refractivity contribution in [1.29, 1.82) is 0 Å². The summed E-state index contributed by atoms with van der Waals surface area (Å²) in [6.45, 7) is 2.56. The highest BCUT2D eigenvalue weighted by atomic mass is 35.5. The Morgan fingerprint density at radius 2 is 2.05 bits per heavy atom. The van der Waals surface area contributed by atoms with Gasteiger partial charge in [0.25, 0.3) is 0 Å². The number of carbonyl (C=O) groups is 2. The maximum Gasteiger partial charge on any atom is 0.335 e. The molecule has 0 atom stereocenters. The molecule has 6 heteroatoms. The first-order chi connectivity index (χ1) is 10.0. The lowest BCUT2D eigenvalue weighted by molar-refractivity contribution is 0.0697. The summed E-state index contributed by atoms with van der Waals surface area (Å²) in [5, 5.41) is 12.1. The average Bonchev–Trinajstić information content (AvgIpc) is 2.95. The zero-order valence-corrected chi connectivity index (χ0v) is 12.7. The van der Waals surface area contributed by atoms with Crippen molar-refractivity contribution in [3.63, 3.8) is 0 Å². The van der Waals surface area contributed by atoms with Crippen LogP contribution in [0.15, 0.2) is 18.2 Å². The highest BCUT2D eigenvalue weighted by Crippen LogP contribution is 2.26. The second kappa shape index (κ2) is 6.80. The third kappa shape index (κ3) is 3.67. The third-order valence-corrected chi connectivity index (χ3v) is 4.15. The van der Waals surface area contributed by atoms with E-state index >= 15 is 0 Å². The quantitative estimate of drug-likeness (QED) is 0.887. The lowest BCUT2D eigenvalue weighted by Crippen LogP contribution is -2.41. The van der Waals surface area contributed by atoms with E-state index in [0.29, 0.717) is 17.3 Å². The molecule has 1 aromatic carbocycles. The number of nitrogens with zero attached hydrogens (tertiary/aromatic N) is 1. The van der Waals surface area contributed by atoms with Crippen LogP contribution in [0.5, 0.6) is 0 Å². The van der Waals surface area contributed by atoms with E-state index in [0.717, 1.165) is 25.7 Å². The van der Waals surface area contributed by atoms with E-state index in [1.165, 1.54) is 18.2 Å². The summed E-state index contributed by atoms with van der Waals surface area (Å²) >= 11 is 6.03. The minimum atomic E-state index is -1.05. The smallest absolute Gasteiger partial charge is 0.335 e. The first kappa shape index (κ1) is 15.6. The van der Waals surface area contributed by atoms with E-state index in [1.807, 2.05) is 6.92 Å². The van der Waals surface area contributed by atoms with Gasteiger partial charge in [0.1, 0.15) is 0 Å². The first-order valence-electron chi connectivity index (χ1n) is 7.13. The number of carboxylic acids is 1. The number of anilines is 1. The van der Waals surface area contributed by atoms with Gasteiger partial charge in [0, 0.05) is 12.6 Å². The van der Waals surface area contributed by atoms with Crippen LogP contribution in [0.2, 0.25) is 5.02 Å². The van der Waals surface area contributed by atoms with Gasteiger partial charge in [-0.2, -0.15) is 0 Å². The molecule has 0 unspecified atom stereocenters. The summed E-state index contributed by atoms with van der Waals surface area (Å²) in [7, 11) is 0. The number of rotatable bonds is 4. The van der Waals surface area contributed by atoms with Crippen LogP contribution in [0.25, 0.3) is 0 Å². The summed E-state index contributed by atoms with van der Waals surface area (Å²) in [4.78, 5) is 25.1. The Morgan fingerprint density at radius 3 is 2.62 bits per heavy atom. The van der Waals surface area contributed by atoms with E-state index < -0.39 is 5.97 Å². The molecular weight excluding hydrogens is 292 g/mol. The van der Waals surface area contributed by atoms with Gasteiger partial charge in [-0.3, -0.25) is 0 Å². The third-order valence-electron chi connectivity index (χ3n) is 3.82. The highest BCUT2D eigenvalue weighted by molar-refractivity contribution is 6.33. The lowest BCUT2D eigenvalue weighted by atomic mass is 10.2. The molecule has 2 amide bonds. The van der Waals surface area contributed by atoms with E-state index in [1.54, 1.807) is 4.90 Å². The highest BCUT2D eigenvalue weighted by Gasteiger charge is 2.25. The fraction of sp³-hybridized carbons (Fsp3) is 0.467. The molecule has 1 fully saturated rings. The maximum absolute atomic E-state index is 12.4. The van der Waals surface area contributed by atoms with Crippen molar-refractivity contribution in [2.24, 2.45) is 0 Å². The Bertz CT molecular complexity index is 542. The first-order valence-corrected chi connectivity index (χ1v) is 7.51. The second-order valence-corrected chi connectivity index (χ2v) is 5.56. The fourth-order valence-electron chi connectivity index (χ4n) is 2.72.